The van der Waals surface area contributed by atoms with Gasteiger partial charge in [0.2, 0.25) is 5.78 Å². The third kappa shape index (κ3) is 3.11. The maximum atomic E-state index is 13.8. The largest absolute Gasteiger partial charge is 0.485 e. The van der Waals surface area contributed by atoms with Crippen molar-refractivity contribution in [2.45, 2.75) is 39.7 Å². The molecule has 1 heterocycles. The van der Waals surface area contributed by atoms with Crippen LogP contribution in [-0.2, 0) is 0 Å². The average Bonchev–Trinajstić information content (AvgIpc) is 3.30. The lowest BCUT2D eigenvalue weighted by Gasteiger charge is -2.09. The van der Waals surface area contributed by atoms with Crippen LogP contribution < -0.4 is 4.74 Å². The van der Waals surface area contributed by atoms with E-state index >= 15 is 0 Å². The standard InChI is InChI=1S/C19H20FNO3/c1-11-8-17(12(2)21(11)14-4-5-14)19(23)10-24-15-6-7-16(13(3)22)18(20)9-15/h6-9,14H,4-5,10H2,1-3H3. The van der Waals surface area contributed by atoms with Crippen molar-refractivity contribution in [2.75, 3.05) is 6.61 Å². The molecular formula is C19H20FNO3. The van der Waals surface area contributed by atoms with E-state index in [1.165, 1.54) is 19.1 Å². The zero-order valence-electron chi connectivity index (χ0n) is 14.1. The number of benzene rings is 1. The summed E-state index contributed by atoms with van der Waals surface area (Å²) in [5.74, 6) is -0.880. The number of aryl methyl sites for hydroxylation is 1. The summed E-state index contributed by atoms with van der Waals surface area (Å²) in [5, 5.41) is 0. The first kappa shape index (κ1) is 16.4. The molecular weight excluding hydrogens is 309 g/mol. The third-order valence-corrected chi connectivity index (χ3v) is 4.39. The number of halogens is 1. The molecule has 3 rings (SSSR count). The number of hydrogen-bond acceptors (Lipinski definition) is 3. The fourth-order valence-electron chi connectivity index (χ4n) is 3.05. The Bertz CT molecular complexity index is 818. The van der Waals surface area contributed by atoms with E-state index in [0.717, 1.165) is 30.3 Å². The Balaban J connectivity index is 1.71. The number of ketones is 2. The molecule has 0 saturated heterocycles. The van der Waals surface area contributed by atoms with Gasteiger partial charge >= 0.3 is 0 Å². The molecule has 0 N–H and O–H groups in total. The van der Waals surface area contributed by atoms with Gasteiger partial charge < -0.3 is 9.30 Å². The summed E-state index contributed by atoms with van der Waals surface area (Å²) >= 11 is 0. The van der Waals surface area contributed by atoms with Crippen LogP contribution in [0.4, 0.5) is 4.39 Å². The molecule has 1 fully saturated rings. The van der Waals surface area contributed by atoms with Gasteiger partial charge in [0, 0.05) is 29.1 Å². The molecule has 0 spiro atoms. The number of rotatable bonds is 6. The summed E-state index contributed by atoms with van der Waals surface area (Å²) < 4.78 is 21.4. The molecule has 1 aromatic heterocycles. The Labute approximate surface area is 140 Å². The zero-order chi connectivity index (χ0) is 17.4. The van der Waals surface area contributed by atoms with Crippen LogP contribution >= 0.6 is 0 Å². The monoisotopic (exact) mass is 329 g/mol. The first-order valence-electron chi connectivity index (χ1n) is 8.03. The smallest absolute Gasteiger partial charge is 0.202 e. The minimum atomic E-state index is -0.639. The van der Waals surface area contributed by atoms with E-state index in [4.69, 9.17) is 4.74 Å². The number of nitrogens with zero attached hydrogens (tertiary/aromatic N) is 1. The molecule has 1 saturated carbocycles. The van der Waals surface area contributed by atoms with Crippen LogP contribution in [0.15, 0.2) is 24.3 Å². The summed E-state index contributed by atoms with van der Waals surface area (Å²) in [6, 6.07) is 6.41. The quantitative estimate of drug-likeness (QED) is 0.751. The summed E-state index contributed by atoms with van der Waals surface area (Å²) in [6.45, 7) is 5.09. The van der Waals surface area contributed by atoms with Crippen molar-refractivity contribution >= 4 is 11.6 Å². The molecule has 4 nitrogen and oxygen atoms in total. The molecule has 1 aromatic carbocycles. The Morgan fingerprint density at radius 2 is 1.92 bits per heavy atom. The van der Waals surface area contributed by atoms with Gasteiger partial charge in [0.1, 0.15) is 11.6 Å². The first-order valence-corrected chi connectivity index (χ1v) is 8.03. The van der Waals surface area contributed by atoms with E-state index in [9.17, 15) is 14.0 Å². The Hall–Kier alpha value is -2.43. The van der Waals surface area contributed by atoms with E-state index in [1.54, 1.807) is 0 Å². The summed E-state index contributed by atoms with van der Waals surface area (Å²) in [6.07, 6.45) is 2.31. The van der Waals surface area contributed by atoms with Crippen LogP contribution in [0.2, 0.25) is 0 Å². The van der Waals surface area contributed by atoms with E-state index in [2.05, 4.69) is 4.57 Å². The number of aromatic nitrogens is 1. The van der Waals surface area contributed by atoms with Gasteiger partial charge in [0.15, 0.2) is 12.4 Å². The molecule has 1 aliphatic carbocycles. The van der Waals surface area contributed by atoms with Gasteiger partial charge in [-0.1, -0.05) is 0 Å². The van der Waals surface area contributed by atoms with Gasteiger partial charge in [-0.3, -0.25) is 9.59 Å². The highest BCUT2D eigenvalue weighted by Crippen LogP contribution is 2.38. The molecule has 24 heavy (non-hydrogen) atoms. The van der Waals surface area contributed by atoms with Crippen molar-refractivity contribution in [1.29, 1.82) is 0 Å². The molecule has 0 amide bonds. The number of carbonyl (C=O) groups is 2. The Morgan fingerprint density at radius 1 is 1.21 bits per heavy atom. The van der Waals surface area contributed by atoms with Crippen LogP contribution in [0.5, 0.6) is 5.75 Å². The Morgan fingerprint density at radius 3 is 2.50 bits per heavy atom. The topological polar surface area (TPSA) is 48.3 Å². The van der Waals surface area contributed by atoms with Gasteiger partial charge in [0.05, 0.1) is 5.56 Å². The third-order valence-electron chi connectivity index (χ3n) is 4.39. The van der Waals surface area contributed by atoms with Gasteiger partial charge in [-0.15, -0.1) is 0 Å². The highest BCUT2D eigenvalue weighted by molar-refractivity contribution is 5.98. The fraction of sp³-hybridized carbons (Fsp3) is 0.368. The lowest BCUT2D eigenvalue weighted by Crippen LogP contribution is -2.13. The van der Waals surface area contributed by atoms with Crippen molar-refractivity contribution in [3.05, 3.63) is 52.6 Å². The predicted molar refractivity (Wildman–Crippen MR) is 88.4 cm³/mol. The molecule has 2 aromatic rings. The molecule has 0 bridgehead atoms. The second-order valence-electron chi connectivity index (χ2n) is 6.30. The van der Waals surface area contributed by atoms with E-state index in [-0.39, 0.29) is 29.5 Å². The highest BCUT2D eigenvalue weighted by atomic mass is 19.1. The predicted octanol–water partition coefficient (Wildman–Crippen LogP) is 4.04. The summed E-state index contributed by atoms with van der Waals surface area (Å²) in [4.78, 5) is 23.6. The fourth-order valence-corrected chi connectivity index (χ4v) is 3.05. The number of carbonyl (C=O) groups excluding carboxylic acids is 2. The number of ether oxygens (including phenoxy) is 1. The zero-order valence-corrected chi connectivity index (χ0v) is 14.1. The van der Waals surface area contributed by atoms with Crippen LogP contribution in [0, 0.1) is 19.7 Å². The van der Waals surface area contributed by atoms with E-state index in [1.807, 2.05) is 19.9 Å². The Kier molecular flexibility index (Phi) is 4.26. The van der Waals surface area contributed by atoms with Gasteiger partial charge in [-0.05, 0) is 51.8 Å². The van der Waals surface area contributed by atoms with Crippen LogP contribution in [-0.4, -0.2) is 22.7 Å². The normalized spacial score (nSPS) is 13.8. The van der Waals surface area contributed by atoms with Gasteiger partial charge in [-0.25, -0.2) is 4.39 Å². The highest BCUT2D eigenvalue weighted by Gasteiger charge is 2.28. The SMILES string of the molecule is CC(=O)c1ccc(OCC(=O)c2cc(C)n(C3CC3)c2C)cc1F. The van der Waals surface area contributed by atoms with Crippen molar-refractivity contribution in [3.8, 4) is 5.75 Å². The number of hydrogen-bond donors (Lipinski definition) is 0. The summed E-state index contributed by atoms with van der Waals surface area (Å²) in [7, 11) is 0. The van der Waals surface area contributed by atoms with Crippen molar-refractivity contribution in [2.24, 2.45) is 0 Å². The van der Waals surface area contributed by atoms with Gasteiger partial charge in [-0.2, -0.15) is 0 Å². The van der Waals surface area contributed by atoms with E-state index < -0.39 is 5.82 Å². The maximum absolute atomic E-state index is 13.8. The molecule has 0 unspecified atom stereocenters. The van der Waals surface area contributed by atoms with E-state index in [0.29, 0.717) is 11.6 Å². The minimum Gasteiger partial charge on any atom is -0.485 e. The average molecular weight is 329 g/mol. The molecule has 126 valence electrons. The van der Waals surface area contributed by atoms with Gasteiger partial charge in [0.25, 0.3) is 0 Å². The number of Topliss-reactive ketones (excluding diaryl/α,β-unsaturated/α-hetero) is 2. The van der Waals surface area contributed by atoms with Crippen molar-refractivity contribution < 1.29 is 18.7 Å². The first-order chi connectivity index (χ1) is 11.4. The van der Waals surface area contributed by atoms with Crippen molar-refractivity contribution in [1.82, 2.24) is 4.57 Å². The maximum Gasteiger partial charge on any atom is 0.202 e. The lowest BCUT2D eigenvalue weighted by atomic mass is 10.1. The van der Waals surface area contributed by atoms with Crippen LogP contribution in [0.3, 0.4) is 0 Å². The van der Waals surface area contributed by atoms with Crippen molar-refractivity contribution in [3.63, 3.8) is 0 Å². The van der Waals surface area contributed by atoms with Crippen LogP contribution in [0.25, 0.3) is 0 Å². The molecule has 5 heteroatoms. The second kappa shape index (κ2) is 6.23. The van der Waals surface area contributed by atoms with Crippen LogP contribution in [0.1, 0.15) is 57.9 Å². The minimum absolute atomic E-state index is 0.0154. The molecule has 1 aliphatic rings. The molecule has 0 aliphatic heterocycles. The lowest BCUT2D eigenvalue weighted by molar-refractivity contribution is 0.0919. The summed E-state index contributed by atoms with van der Waals surface area (Å²) in [5.41, 5.74) is 2.71. The molecule has 0 radical (unpaired) electrons. The molecule has 0 atom stereocenters. The second-order valence-corrected chi connectivity index (χ2v) is 6.30.